The maximum absolute atomic E-state index is 12.3. The van der Waals surface area contributed by atoms with E-state index in [1.165, 1.54) is 13.2 Å². The number of halogens is 2. The summed E-state index contributed by atoms with van der Waals surface area (Å²) in [5.41, 5.74) is 1.94. The van der Waals surface area contributed by atoms with Crippen molar-refractivity contribution in [3.8, 4) is 17.2 Å². The minimum atomic E-state index is -2.88. The lowest BCUT2D eigenvalue weighted by molar-refractivity contribution is -0.0512. The molecule has 0 amide bonds. The Labute approximate surface area is 134 Å². The summed E-state index contributed by atoms with van der Waals surface area (Å²) in [6, 6.07) is 12.6. The maximum Gasteiger partial charge on any atom is 0.387 e. The Morgan fingerprint density at radius 1 is 0.913 bits per heavy atom. The third-order valence-electron chi connectivity index (χ3n) is 3.28. The van der Waals surface area contributed by atoms with Gasteiger partial charge >= 0.3 is 6.61 Å². The van der Waals surface area contributed by atoms with E-state index in [-0.39, 0.29) is 11.5 Å². The van der Waals surface area contributed by atoms with Crippen molar-refractivity contribution < 1.29 is 23.0 Å². The molecule has 0 saturated heterocycles. The lowest BCUT2D eigenvalue weighted by Crippen LogP contribution is -2.13. The lowest BCUT2D eigenvalue weighted by Gasteiger charge is -2.12. The smallest absolute Gasteiger partial charge is 0.387 e. The second-order valence-corrected chi connectivity index (χ2v) is 4.78. The van der Waals surface area contributed by atoms with Crippen molar-refractivity contribution in [1.29, 1.82) is 0 Å². The molecule has 0 saturated carbocycles. The van der Waals surface area contributed by atoms with Crippen LogP contribution in [0, 0.1) is 0 Å². The molecule has 0 aliphatic heterocycles. The number of hydrogen-bond acceptors (Lipinski definition) is 4. The van der Waals surface area contributed by atoms with E-state index in [0.717, 1.165) is 16.9 Å². The molecule has 0 heterocycles. The monoisotopic (exact) mass is 323 g/mol. The van der Waals surface area contributed by atoms with Crippen LogP contribution in [0.2, 0.25) is 0 Å². The molecule has 124 valence electrons. The predicted octanol–water partition coefficient (Wildman–Crippen LogP) is 3.60. The summed E-state index contributed by atoms with van der Waals surface area (Å²) in [6.45, 7) is -1.69. The van der Waals surface area contributed by atoms with E-state index in [1.54, 1.807) is 19.2 Å². The van der Waals surface area contributed by atoms with Gasteiger partial charge in [0.05, 0.1) is 14.2 Å². The van der Waals surface area contributed by atoms with Crippen LogP contribution in [-0.4, -0.2) is 20.8 Å². The highest BCUT2D eigenvalue weighted by Gasteiger charge is 2.11. The standard InChI is InChI=1S/C17H19F2NO3/c1-21-14-6-4-3-5-13(14)11-20-10-12-7-8-15(23-17(18)19)16(9-12)22-2/h3-9,17,20H,10-11H2,1-2H3. The van der Waals surface area contributed by atoms with Crippen molar-refractivity contribution in [2.75, 3.05) is 14.2 Å². The molecule has 6 heteroatoms. The van der Waals surface area contributed by atoms with Crippen molar-refractivity contribution in [2.24, 2.45) is 0 Å². The van der Waals surface area contributed by atoms with E-state index in [4.69, 9.17) is 9.47 Å². The van der Waals surface area contributed by atoms with Crippen LogP contribution >= 0.6 is 0 Å². The second-order valence-electron chi connectivity index (χ2n) is 4.78. The van der Waals surface area contributed by atoms with E-state index >= 15 is 0 Å². The summed E-state index contributed by atoms with van der Waals surface area (Å²) in [6.07, 6.45) is 0. The Bertz CT molecular complexity index is 635. The van der Waals surface area contributed by atoms with Crippen LogP contribution < -0.4 is 19.5 Å². The van der Waals surface area contributed by atoms with Crippen LogP contribution in [0.1, 0.15) is 11.1 Å². The molecule has 4 nitrogen and oxygen atoms in total. The predicted molar refractivity (Wildman–Crippen MR) is 83.2 cm³/mol. The largest absolute Gasteiger partial charge is 0.496 e. The number of alkyl halides is 2. The average Bonchev–Trinajstić information content (AvgIpc) is 2.56. The molecule has 1 N–H and O–H groups in total. The fourth-order valence-corrected chi connectivity index (χ4v) is 2.21. The quantitative estimate of drug-likeness (QED) is 0.806. The van der Waals surface area contributed by atoms with Crippen molar-refractivity contribution in [3.05, 3.63) is 53.6 Å². The number of methoxy groups -OCH3 is 2. The first kappa shape index (κ1) is 17.0. The van der Waals surface area contributed by atoms with Crippen LogP contribution in [0.25, 0.3) is 0 Å². The molecule has 0 fully saturated rings. The molecule has 0 aliphatic carbocycles. The SMILES string of the molecule is COc1ccccc1CNCc1ccc(OC(F)F)c(OC)c1. The van der Waals surface area contributed by atoms with Crippen molar-refractivity contribution in [3.63, 3.8) is 0 Å². The van der Waals surface area contributed by atoms with E-state index < -0.39 is 6.61 Å². The van der Waals surface area contributed by atoms with Gasteiger partial charge in [-0.25, -0.2) is 0 Å². The highest BCUT2D eigenvalue weighted by molar-refractivity contribution is 5.43. The molecule has 2 rings (SSSR count). The molecule has 0 spiro atoms. The van der Waals surface area contributed by atoms with Gasteiger partial charge in [0, 0.05) is 18.7 Å². The number of hydrogen-bond donors (Lipinski definition) is 1. The second kappa shape index (κ2) is 8.33. The molecule has 0 aromatic heterocycles. The van der Waals surface area contributed by atoms with Crippen molar-refractivity contribution >= 4 is 0 Å². The molecule has 2 aromatic carbocycles. The zero-order valence-electron chi connectivity index (χ0n) is 13.0. The molecule has 23 heavy (non-hydrogen) atoms. The van der Waals surface area contributed by atoms with Crippen molar-refractivity contribution in [1.82, 2.24) is 5.32 Å². The summed E-state index contributed by atoms with van der Waals surface area (Å²) in [5.74, 6) is 1.12. The first-order valence-electron chi connectivity index (χ1n) is 7.08. The third kappa shape index (κ3) is 4.82. The van der Waals surface area contributed by atoms with Gasteiger partial charge in [0.1, 0.15) is 5.75 Å². The Morgan fingerprint density at radius 2 is 1.65 bits per heavy atom. The van der Waals surface area contributed by atoms with E-state index in [0.29, 0.717) is 13.1 Å². The van der Waals surface area contributed by atoms with Crippen LogP contribution in [0.15, 0.2) is 42.5 Å². The normalized spacial score (nSPS) is 10.7. The zero-order valence-corrected chi connectivity index (χ0v) is 13.0. The first-order chi connectivity index (χ1) is 11.1. The zero-order chi connectivity index (χ0) is 16.7. The maximum atomic E-state index is 12.3. The number of para-hydroxylation sites is 1. The minimum absolute atomic E-state index is 0.0241. The number of ether oxygens (including phenoxy) is 3. The van der Waals surface area contributed by atoms with Crippen LogP contribution in [-0.2, 0) is 13.1 Å². The Balaban J connectivity index is 1.98. The van der Waals surface area contributed by atoms with Crippen molar-refractivity contribution in [2.45, 2.75) is 19.7 Å². The summed E-state index contributed by atoms with van der Waals surface area (Å²) < 4.78 is 39.4. The fourth-order valence-electron chi connectivity index (χ4n) is 2.21. The molecular formula is C17H19F2NO3. The topological polar surface area (TPSA) is 39.7 Å². The van der Waals surface area contributed by atoms with Gasteiger partial charge in [-0.3, -0.25) is 0 Å². The highest BCUT2D eigenvalue weighted by atomic mass is 19.3. The summed E-state index contributed by atoms with van der Waals surface area (Å²) in [4.78, 5) is 0. The van der Waals surface area contributed by atoms with Gasteiger partial charge in [-0.2, -0.15) is 8.78 Å². The lowest BCUT2D eigenvalue weighted by atomic mass is 10.1. The summed E-state index contributed by atoms with van der Waals surface area (Å²) in [7, 11) is 3.05. The number of benzene rings is 2. The van der Waals surface area contributed by atoms with Crippen LogP contribution in [0.5, 0.6) is 17.2 Å². The minimum Gasteiger partial charge on any atom is -0.496 e. The Morgan fingerprint density at radius 3 is 2.35 bits per heavy atom. The van der Waals surface area contributed by atoms with Gasteiger partial charge in [0.2, 0.25) is 0 Å². The van der Waals surface area contributed by atoms with Gasteiger partial charge in [0.25, 0.3) is 0 Å². The van der Waals surface area contributed by atoms with E-state index in [9.17, 15) is 8.78 Å². The molecule has 0 aliphatic rings. The van der Waals surface area contributed by atoms with Gasteiger partial charge in [0.15, 0.2) is 11.5 Å². The van der Waals surface area contributed by atoms with Gasteiger partial charge in [-0.05, 0) is 23.8 Å². The molecule has 0 unspecified atom stereocenters. The Hall–Kier alpha value is -2.34. The molecular weight excluding hydrogens is 304 g/mol. The molecule has 0 bridgehead atoms. The average molecular weight is 323 g/mol. The molecule has 0 radical (unpaired) electrons. The van der Waals surface area contributed by atoms with Gasteiger partial charge in [-0.1, -0.05) is 24.3 Å². The first-order valence-corrected chi connectivity index (χ1v) is 7.08. The number of nitrogens with one attached hydrogen (secondary N) is 1. The molecule has 0 atom stereocenters. The van der Waals surface area contributed by atoms with Crippen LogP contribution in [0.4, 0.5) is 8.78 Å². The summed E-state index contributed by atoms with van der Waals surface area (Å²) in [5, 5.41) is 3.28. The summed E-state index contributed by atoms with van der Waals surface area (Å²) >= 11 is 0. The fraction of sp³-hybridized carbons (Fsp3) is 0.294. The van der Waals surface area contributed by atoms with E-state index in [1.807, 2.05) is 24.3 Å². The number of rotatable bonds is 8. The molecule has 2 aromatic rings. The Kier molecular flexibility index (Phi) is 6.17. The highest BCUT2D eigenvalue weighted by Crippen LogP contribution is 2.29. The van der Waals surface area contributed by atoms with Gasteiger partial charge in [-0.15, -0.1) is 0 Å². The van der Waals surface area contributed by atoms with E-state index in [2.05, 4.69) is 10.1 Å². The van der Waals surface area contributed by atoms with Gasteiger partial charge < -0.3 is 19.5 Å². The third-order valence-corrected chi connectivity index (χ3v) is 3.28. The van der Waals surface area contributed by atoms with Crippen LogP contribution in [0.3, 0.4) is 0 Å².